The van der Waals surface area contributed by atoms with Gasteiger partial charge in [-0.3, -0.25) is 0 Å². The Morgan fingerprint density at radius 2 is 2.40 bits per heavy atom. The average molecular weight is 178 g/mol. The monoisotopic (exact) mass is 177 g/mol. The number of rotatable bonds is 2. The van der Waals surface area contributed by atoms with Gasteiger partial charge in [-0.15, -0.1) is 23.7 Å². The number of aldehydes is 1. The molecule has 2 N–H and O–H groups in total. The van der Waals surface area contributed by atoms with E-state index in [2.05, 4.69) is 0 Å². The number of nitrogens with two attached hydrogens (primary N) is 1. The summed E-state index contributed by atoms with van der Waals surface area (Å²) in [7, 11) is 0. The van der Waals surface area contributed by atoms with Gasteiger partial charge in [-0.25, -0.2) is 0 Å². The minimum atomic E-state index is -0.426. The third-order valence-corrected chi connectivity index (χ3v) is 1.99. The van der Waals surface area contributed by atoms with Crippen LogP contribution in [0.25, 0.3) is 0 Å². The van der Waals surface area contributed by atoms with E-state index in [1.807, 2.05) is 17.5 Å². The van der Waals surface area contributed by atoms with Crippen LogP contribution in [0.15, 0.2) is 17.5 Å². The Morgan fingerprint density at radius 1 is 1.70 bits per heavy atom. The number of thiophene rings is 1. The lowest BCUT2D eigenvalue weighted by Crippen LogP contribution is -2.08. The maximum absolute atomic E-state index is 10.1. The van der Waals surface area contributed by atoms with Gasteiger partial charge in [0.2, 0.25) is 0 Å². The van der Waals surface area contributed by atoms with Crippen molar-refractivity contribution in [1.82, 2.24) is 0 Å². The predicted molar refractivity (Wildman–Crippen MR) is 44.6 cm³/mol. The van der Waals surface area contributed by atoms with Crippen molar-refractivity contribution in [1.29, 1.82) is 0 Å². The van der Waals surface area contributed by atoms with Gasteiger partial charge in [0.15, 0.2) is 0 Å². The molecule has 0 amide bonds. The standard InChI is InChI=1S/C6H7NOS.ClH/c7-5(4-8)6-2-1-3-9-6;/h1-5H,7H2;1H. The van der Waals surface area contributed by atoms with Crippen LogP contribution in [0.3, 0.4) is 0 Å². The van der Waals surface area contributed by atoms with Crippen LogP contribution in [-0.4, -0.2) is 6.29 Å². The van der Waals surface area contributed by atoms with Crippen LogP contribution in [0.2, 0.25) is 0 Å². The van der Waals surface area contributed by atoms with Crippen molar-refractivity contribution in [2.75, 3.05) is 0 Å². The molecular weight excluding hydrogens is 170 g/mol. The van der Waals surface area contributed by atoms with Crippen LogP contribution in [0.4, 0.5) is 0 Å². The van der Waals surface area contributed by atoms with Gasteiger partial charge in [0.1, 0.15) is 6.29 Å². The summed E-state index contributed by atoms with van der Waals surface area (Å²) in [5.74, 6) is 0. The molecule has 0 radical (unpaired) electrons. The molecule has 1 rings (SSSR count). The van der Waals surface area contributed by atoms with E-state index in [9.17, 15) is 4.79 Å². The lowest BCUT2D eigenvalue weighted by Gasteiger charge is -1.95. The van der Waals surface area contributed by atoms with Crippen molar-refractivity contribution < 1.29 is 4.79 Å². The molecule has 1 atom stereocenters. The molecule has 0 fully saturated rings. The Kier molecular flexibility index (Phi) is 4.27. The fourth-order valence-electron chi connectivity index (χ4n) is 0.548. The van der Waals surface area contributed by atoms with Gasteiger partial charge in [0, 0.05) is 4.88 Å². The van der Waals surface area contributed by atoms with Gasteiger partial charge in [-0.2, -0.15) is 0 Å². The van der Waals surface area contributed by atoms with E-state index < -0.39 is 6.04 Å². The third kappa shape index (κ3) is 2.10. The number of hydrogen-bond acceptors (Lipinski definition) is 3. The molecule has 2 nitrogen and oxygen atoms in total. The Morgan fingerprint density at radius 3 is 2.80 bits per heavy atom. The quantitative estimate of drug-likeness (QED) is 0.694. The molecule has 0 saturated heterocycles. The molecule has 56 valence electrons. The van der Waals surface area contributed by atoms with E-state index in [4.69, 9.17) is 5.73 Å². The van der Waals surface area contributed by atoms with E-state index in [1.54, 1.807) is 0 Å². The zero-order chi connectivity index (χ0) is 6.69. The van der Waals surface area contributed by atoms with Crippen molar-refractivity contribution in [3.05, 3.63) is 22.4 Å². The van der Waals surface area contributed by atoms with Crippen LogP contribution >= 0.6 is 23.7 Å². The number of halogens is 1. The molecule has 0 aliphatic rings. The first-order chi connectivity index (χ1) is 4.34. The summed E-state index contributed by atoms with van der Waals surface area (Å²) in [6.45, 7) is 0. The Labute approximate surface area is 69.5 Å². The molecule has 1 aromatic heterocycles. The van der Waals surface area contributed by atoms with E-state index in [1.165, 1.54) is 11.3 Å². The highest BCUT2D eigenvalue weighted by Crippen LogP contribution is 2.13. The Balaban J connectivity index is 0.000000810. The topological polar surface area (TPSA) is 43.1 Å². The van der Waals surface area contributed by atoms with E-state index in [0.29, 0.717) is 0 Å². The predicted octanol–water partition coefficient (Wildman–Crippen LogP) is 1.37. The molecule has 1 heterocycles. The average Bonchev–Trinajstić information content (AvgIpc) is 2.37. The first-order valence-electron chi connectivity index (χ1n) is 2.59. The summed E-state index contributed by atoms with van der Waals surface area (Å²) < 4.78 is 0. The van der Waals surface area contributed by atoms with Crippen LogP contribution in [-0.2, 0) is 4.79 Å². The first-order valence-corrected chi connectivity index (χ1v) is 3.47. The van der Waals surface area contributed by atoms with Crippen molar-refractivity contribution in [2.45, 2.75) is 6.04 Å². The van der Waals surface area contributed by atoms with Gasteiger partial charge in [0.25, 0.3) is 0 Å². The van der Waals surface area contributed by atoms with Crippen LogP contribution in [0.1, 0.15) is 10.9 Å². The third-order valence-electron chi connectivity index (χ3n) is 1.02. The fraction of sp³-hybridized carbons (Fsp3) is 0.167. The highest BCUT2D eigenvalue weighted by atomic mass is 35.5. The van der Waals surface area contributed by atoms with Crippen molar-refractivity contribution in [2.24, 2.45) is 5.73 Å². The van der Waals surface area contributed by atoms with Gasteiger partial charge >= 0.3 is 0 Å². The summed E-state index contributed by atoms with van der Waals surface area (Å²) in [4.78, 5) is 11.0. The van der Waals surface area contributed by atoms with Crippen LogP contribution in [0.5, 0.6) is 0 Å². The molecule has 4 heteroatoms. The summed E-state index contributed by atoms with van der Waals surface area (Å²) >= 11 is 1.50. The summed E-state index contributed by atoms with van der Waals surface area (Å²) in [6, 6.07) is 3.30. The van der Waals surface area contributed by atoms with E-state index in [-0.39, 0.29) is 12.4 Å². The second-order valence-electron chi connectivity index (χ2n) is 1.68. The van der Waals surface area contributed by atoms with Gasteiger partial charge < -0.3 is 10.5 Å². The number of hydrogen-bond donors (Lipinski definition) is 1. The Bertz CT molecular complexity index is 188. The second-order valence-corrected chi connectivity index (χ2v) is 2.66. The summed E-state index contributed by atoms with van der Waals surface area (Å²) in [6.07, 6.45) is 0.742. The molecule has 1 unspecified atom stereocenters. The van der Waals surface area contributed by atoms with Crippen molar-refractivity contribution >= 4 is 30.0 Å². The lowest BCUT2D eigenvalue weighted by atomic mass is 10.3. The minimum Gasteiger partial charge on any atom is -0.317 e. The second kappa shape index (κ2) is 4.44. The van der Waals surface area contributed by atoms with Crippen LogP contribution in [0, 0.1) is 0 Å². The molecule has 0 spiro atoms. The zero-order valence-corrected chi connectivity index (χ0v) is 6.82. The molecule has 0 aliphatic heterocycles. The minimum absolute atomic E-state index is 0. The normalized spacial score (nSPS) is 11.7. The molecule has 0 aromatic carbocycles. The molecule has 0 saturated carbocycles. The maximum Gasteiger partial charge on any atom is 0.142 e. The molecule has 1 aromatic rings. The first kappa shape index (κ1) is 9.62. The molecule has 0 aliphatic carbocycles. The van der Waals surface area contributed by atoms with E-state index in [0.717, 1.165) is 11.2 Å². The number of carbonyl (C=O) groups excluding carboxylic acids is 1. The van der Waals surface area contributed by atoms with Crippen molar-refractivity contribution in [3.63, 3.8) is 0 Å². The van der Waals surface area contributed by atoms with Gasteiger partial charge in [0.05, 0.1) is 6.04 Å². The number of carbonyl (C=O) groups is 1. The molecule has 10 heavy (non-hydrogen) atoms. The van der Waals surface area contributed by atoms with E-state index >= 15 is 0 Å². The van der Waals surface area contributed by atoms with Crippen LogP contribution < -0.4 is 5.73 Å². The van der Waals surface area contributed by atoms with Gasteiger partial charge in [-0.05, 0) is 11.4 Å². The fourth-order valence-corrected chi connectivity index (χ4v) is 1.23. The lowest BCUT2D eigenvalue weighted by molar-refractivity contribution is -0.108. The summed E-state index contributed by atoms with van der Waals surface area (Å²) in [5, 5.41) is 1.90. The van der Waals surface area contributed by atoms with Gasteiger partial charge in [-0.1, -0.05) is 6.07 Å². The Hall–Kier alpha value is -0.380. The highest BCUT2D eigenvalue weighted by Gasteiger charge is 2.02. The largest absolute Gasteiger partial charge is 0.317 e. The van der Waals surface area contributed by atoms with Crippen molar-refractivity contribution in [3.8, 4) is 0 Å². The molecule has 0 bridgehead atoms. The smallest absolute Gasteiger partial charge is 0.142 e. The SMILES string of the molecule is Cl.NC(C=O)c1cccs1. The zero-order valence-electron chi connectivity index (χ0n) is 5.19. The summed E-state index contributed by atoms with van der Waals surface area (Å²) in [5.41, 5.74) is 5.38. The maximum atomic E-state index is 10.1. The molecular formula is C6H8ClNOS. The highest BCUT2D eigenvalue weighted by molar-refractivity contribution is 7.10.